The average molecular weight is 636 g/mol. The van der Waals surface area contributed by atoms with E-state index in [9.17, 15) is 22.4 Å². The molecule has 43 heavy (non-hydrogen) atoms. The van der Waals surface area contributed by atoms with Gasteiger partial charge < -0.3 is 24.4 Å². The zero-order valence-corrected chi connectivity index (χ0v) is 26.2. The maximum atomic E-state index is 14.2. The van der Waals surface area contributed by atoms with Crippen LogP contribution in [0.5, 0.6) is 17.2 Å². The quantitative estimate of drug-likeness (QED) is 0.274. The second kappa shape index (κ2) is 14.9. The molecule has 3 rings (SSSR count). The maximum Gasteiger partial charge on any atom is 0.265 e. The number of benzene rings is 3. The predicted molar refractivity (Wildman–Crippen MR) is 162 cm³/mol. The van der Waals surface area contributed by atoms with Gasteiger partial charge in [0.05, 0.1) is 31.9 Å². The summed E-state index contributed by atoms with van der Waals surface area (Å²) in [4.78, 5) is 28.3. The van der Waals surface area contributed by atoms with Crippen molar-refractivity contribution in [2.45, 2.75) is 37.8 Å². The molecule has 0 saturated carbocycles. The molecule has 0 bridgehead atoms. The van der Waals surface area contributed by atoms with E-state index >= 15 is 0 Å². The number of sulfonamides is 1. The fourth-order valence-electron chi connectivity index (χ4n) is 4.47. The van der Waals surface area contributed by atoms with Gasteiger partial charge in [0.15, 0.2) is 11.5 Å². The van der Waals surface area contributed by atoms with E-state index in [0.29, 0.717) is 17.9 Å². The molecule has 13 heteroatoms. The third-order valence-corrected chi connectivity index (χ3v) is 8.63. The van der Waals surface area contributed by atoms with Gasteiger partial charge in [0.25, 0.3) is 10.0 Å². The van der Waals surface area contributed by atoms with Crippen LogP contribution in [0.2, 0.25) is 5.02 Å². The normalized spacial score (nSPS) is 11.8. The standard InChI is InChI=1S/C30H35ClFN3O7S/c1-6-24(30(37)33-7-2)34(18-20-8-11-22(32)12-9-20)29(36)19-35(25-16-21(31)10-14-26(25)40-3)43(38,39)23-13-15-27(41-4)28(17-23)42-5/h8-17,24H,6-7,18-19H2,1-5H3,(H,33,37)/t24-/m0/s1. The highest BCUT2D eigenvalue weighted by Crippen LogP contribution is 2.37. The van der Waals surface area contributed by atoms with E-state index in [4.69, 9.17) is 25.8 Å². The molecular weight excluding hydrogens is 601 g/mol. The number of rotatable bonds is 14. The summed E-state index contributed by atoms with van der Waals surface area (Å²) in [5, 5.41) is 2.93. The molecule has 0 aliphatic carbocycles. The number of likely N-dealkylation sites (N-methyl/N-ethyl adjacent to an activating group) is 1. The summed E-state index contributed by atoms with van der Waals surface area (Å²) in [6, 6.07) is 13.0. The molecule has 1 N–H and O–H groups in total. The Morgan fingerprint density at radius 1 is 0.907 bits per heavy atom. The first-order valence-corrected chi connectivity index (χ1v) is 15.2. The minimum atomic E-state index is -4.47. The Morgan fingerprint density at radius 3 is 2.12 bits per heavy atom. The molecule has 0 aliphatic rings. The van der Waals surface area contributed by atoms with Crippen molar-refractivity contribution in [2.24, 2.45) is 0 Å². The first-order valence-electron chi connectivity index (χ1n) is 13.4. The Bertz CT molecular complexity index is 1540. The van der Waals surface area contributed by atoms with Gasteiger partial charge >= 0.3 is 0 Å². The number of hydrogen-bond donors (Lipinski definition) is 1. The summed E-state index contributed by atoms with van der Waals surface area (Å²) in [5.74, 6) is -0.945. The summed E-state index contributed by atoms with van der Waals surface area (Å²) < 4.78 is 59.0. The van der Waals surface area contributed by atoms with Gasteiger partial charge in [-0.25, -0.2) is 12.8 Å². The van der Waals surface area contributed by atoms with Gasteiger partial charge in [-0.05, 0) is 61.4 Å². The van der Waals surface area contributed by atoms with Gasteiger partial charge in [-0.1, -0.05) is 30.7 Å². The van der Waals surface area contributed by atoms with Gasteiger partial charge in [-0.2, -0.15) is 0 Å². The van der Waals surface area contributed by atoms with Crippen molar-refractivity contribution < 1.29 is 36.6 Å². The average Bonchev–Trinajstić information content (AvgIpc) is 3.00. The number of nitrogens with zero attached hydrogens (tertiary/aromatic N) is 2. The van der Waals surface area contributed by atoms with Crippen molar-refractivity contribution in [1.82, 2.24) is 10.2 Å². The molecule has 0 radical (unpaired) electrons. The van der Waals surface area contributed by atoms with Crippen molar-refractivity contribution in [1.29, 1.82) is 0 Å². The van der Waals surface area contributed by atoms with E-state index < -0.39 is 40.2 Å². The van der Waals surface area contributed by atoms with Gasteiger partial charge in [0.1, 0.15) is 24.2 Å². The third kappa shape index (κ3) is 7.88. The molecular formula is C30H35ClFN3O7S. The second-order valence-electron chi connectivity index (χ2n) is 9.31. The lowest BCUT2D eigenvalue weighted by atomic mass is 10.1. The molecule has 0 heterocycles. The Balaban J connectivity index is 2.17. The van der Waals surface area contributed by atoms with Gasteiger partial charge in [0, 0.05) is 24.2 Å². The monoisotopic (exact) mass is 635 g/mol. The number of methoxy groups -OCH3 is 3. The summed E-state index contributed by atoms with van der Waals surface area (Å²) >= 11 is 6.28. The largest absolute Gasteiger partial charge is 0.495 e. The van der Waals surface area contributed by atoms with E-state index in [-0.39, 0.29) is 40.1 Å². The summed E-state index contributed by atoms with van der Waals surface area (Å²) in [5.41, 5.74) is 0.554. The van der Waals surface area contributed by atoms with Crippen LogP contribution in [0, 0.1) is 5.82 Å². The Hall–Kier alpha value is -4.03. The minimum Gasteiger partial charge on any atom is -0.495 e. The SMILES string of the molecule is CCNC(=O)[C@H](CC)N(Cc1ccc(F)cc1)C(=O)CN(c1cc(Cl)ccc1OC)S(=O)(=O)c1ccc(OC)c(OC)c1. The molecule has 0 spiro atoms. The fraction of sp³-hybridized carbons (Fsp3) is 0.333. The number of ether oxygens (including phenoxy) is 3. The molecule has 0 aliphatic heterocycles. The van der Waals surface area contributed by atoms with Gasteiger partial charge in [0.2, 0.25) is 11.8 Å². The van der Waals surface area contributed by atoms with Crippen LogP contribution in [0.25, 0.3) is 0 Å². The summed E-state index contributed by atoms with van der Waals surface area (Å²) in [6.07, 6.45) is 0.238. The van der Waals surface area contributed by atoms with E-state index in [1.54, 1.807) is 13.8 Å². The van der Waals surface area contributed by atoms with E-state index in [1.807, 2.05) is 0 Å². The molecule has 10 nitrogen and oxygen atoms in total. The number of anilines is 1. The summed E-state index contributed by atoms with van der Waals surface area (Å²) in [6.45, 7) is 3.02. The van der Waals surface area contributed by atoms with Crippen LogP contribution in [-0.4, -0.2) is 65.6 Å². The lowest BCUT2D eigenvalue weighted by Crippen LogP contribution is -2.52. The van der Waals surface area contributed by atoms with Gasteiger partial charge in [-0.15, -0.1) is 0 Å². The van der Waals surface area contributed by atoms with E-state index in [2.05, 4.69) is 5.32 Å². The number of hydrogen-bond acceptors (Lipinski definition) is 7. The number of carbonyl (C=O) groups is 2. The van der Waals surface area contributed by atoms with Crippen molar-refractivity contribution in [3.8, 4) is 17.2 Å². The molecule has 0 saturated heterocycles. The third-order valence-electron chi connectivity index (χ3n) is 6.63. The number of nitrogens with one attached hydrogen (secondary N) is 1. The van der Waals surface area contributed by atoms with Gasteiger partial charge in [-0.3, -0.25) is 13.9 Å². The fourth-order valence-corrected chi connectivity index (χ4v) is 6.07. The Morgan fingerprint density at radius 2 is 1.53 bits per heavy atom. The molecule has 0 fully saturated rings. The van der Waals surface area contributed by atoms with E-state index in [0.717, 1.165) is 4.31 Å². The smallest absolute Gasteiger partial charge is 0.265 e. The van der Waals surface area contributed by atoms with Crippen LogP contribution in [-0.2, 0) is 26.2 Å². The molecule has 232 valence electrons. The predicted octanol–water partition coefficient (Wildman–Crippen LogP) is 4.64. The van der Waals surface area contributed by atoms with Crippen molar-refractivity contribution in [3.05, 3.63) is 77.1 Å². The number of amides is 2. The molecule has 0 aromatic heterocycles. The zero-order valence-electron chi connectivity index (χ0n) is 24.6. The number of carbonyl (C=O) groups excluding carboxylic acids is 2. The Labute approximate surface area is 256 Å². The lowest BCUT2D eigenvalue weighted by molar-refractivity contribution is -0.140. The van der Waals surface area contributed by atoms with Crippen LogP contribution in [0.1, 0.15) is 25.8 Å². The minimum absolute atomic E-state index is 0.00549. The maximum absolute atomic E-state index is 14.2. The van der Waals surface area contributed by atoms with Crippen LogP contribution < -0.4 is 23.8 Å². The molecule has 2 amide bonds. The zero-order chi connectivity index (χ0) is 31.7. The van der Waals surface area contributed by atoms with Crippen LogP contribution in [0.3, 0.4) is 0 Å². The van der Waals surface area contributed by atoms with Crippen molar-refractivity contribution >= 4 is 39.1 Å². The van der Waals surface area contributed by atoms with Crippen LogP contribution >= 0.6 is 11.6 Å². The second-order valence-corrected chi connectivity index (χ2v) is 11.6. The highest BCUT2D eigenvalue weighted by molar-refractivity contribution is 7.92. The topological polar surface area (TPSA) is 114 Å². The van der Waals surface area contributed by atoms with E-state index in [1.165, 1.54) is 86.9 Å². The molecule has 0 unspecified atom stereocenters. The highest BCUT2D eigenvalue weighted by atomic mass is 35.5. The van der Waals surface area contributed by atoms with Crippen molar-refractivity contribution in [3.63, 3.8) is 0 Å². The summed E-state index contributed by atoms with van der Waals surface area (Å²) in [7, 11) is -0.320. The lowest BCUT2D eigenvalue weighted by Gasteiger charge is -2.33. The molecule has 3 aromatic carbocycles. The number of halogens is 2. The Kier molecular flexibility index (Phi) is 11.6. The first-order chi connectivity index (χ1) is 20.5. The highest BCUT2D eigenvalue weighted by Gasteiger charge is 2.35. The molecule has 1 atom stereocenters. The van der Waals surface area contributed by atoms with Crippen molar-refractivity contribution in [2.75, 3.05) is 38.7 Å². The van der Waals surface area contributed by atoms with Crippen LogP contribution in [0.15, 0.2) is 65.6 Å². The molecule has 3 aromatic rings. The van der Waals surface area contributed by atoms with Crippen LogP contribution in [0.4, 0.5) is 10.1 Å². The first kappa shape index (κ1) is 33.5.